The number of furan rings is 1. The first-order valence-electron chi connectivity index (χ1n) is 10.4. The van der Waals surface area contributed by atoms with Gasteiger partial charge in [0, 0.05) is 29.2 Å². The van der Waals surface area contributed by atoms with Gasteiger partial charge in [-0.05, 0) is 51.3 Å². The number of benzene rings is 1. The number of methoxy groups -OCH3 is 1. The minimum absolute atomic E-state index is 0.0315. The summed E-state index contributed by atoms with van der Waals surface area (Å²) in [5.74, 6) is -1.45. The van der Waals surface area contributed by atoms with Crippen LogP contribution in [0.1, 0.15) is 28.7 Å². The van der Waals surface area contributed by atoms with Crippen LogP contribution in [0.2, 0.25) is 5.02 Å². The average Bonchev–Trinajstić information content (AvgIpc) is 3.33. The van der Waals surface area contributed by atoms with Gasteiger partial charge in [-0.25, -0.2) is 0 Å². The third-order valence-corrected chi connectivity index (χ3v) is 5.73. The Morgan fingerprint density at radius 3 is 2.76 bits per heavy atom. The number of amides is 1. The number of nitrogens with zero attached hydrogens (tertiary/aromatic N) is 3. The summed E-state index contributed by atoms with van der Waals surface area (Å²) in [4.78, 5) is 34.4. The lowest BCUT2D eigenvalue weighted by Crippen LogP contribution is -2.33. The van der Waals surface area contributed by atoms with Crippen LogP contribution in [0.5, 0.6) is 5.75 Å². The molecule has 0 aliphatic carbocycles. The number of ketones is 1. The largest absolute Gasteiger partial charge is 0.503 e. The smallest absolute Gasteiger partial charge is 0.290 e. The van der Waals surface area contributed by atoms with Gasteiger partial charge < -0.3 is 24.1 Å². The van der Waals surface area contributed by atoms with E-state index in [9.17, 15) is 14.7 Å². The fourth-order valence-electron chi connectivity index (χ4n) is 4.00. The molecule has 4 rings (SSSR count). The van der Waals surface area contributed by atoms with E-state index in [4.69, 9.17) is 20.8 Å². The number of carbonyl (C=O) groups is 2. The highest BCUT2D eigenvalue weighted by atomic mass is 35.5. The molecule has 2 aromatic heterocycles. The van der Waals surface area contributed by atoms with Gasteiger partial charge in [-0.1, -0.05) is 17.7 Å². The fourth-order valence-corrected chi connectivity index (χ4v) is 4.22. The first kappa shape index (κ1) is 22.8. The van der Waals surface area contributed by atoms with Crippen LogP contribution in [0.3, 0.4) is 0 Å². The Morgan fingerprint density at radius 1 is 1.30 bits per heavy atom. The Hall–Kier alpha value is -3.36. The predicted molar refractivity (Wildman–Crippen MR) is 124 cm³/mol. The van der Waals surface area contributed by atoms with Gasteiger partial charge in [-0.3, -0.25) is 14.6 Å². The van der Waals surface area contributed by atoms with Crippen LogP contribution in [0, 0.1) is 0 Å². The van der Waals surface area contributed by atoms with Gasteiger partial charge in [0.05, 0.1) is 18.4 Å². The topological polar surface area (TPSA) is 96.1 Å². The molecule has 172 valence electrons. The number of carbonyl (C=O) groups excluding carboxylic acids is 2. The number of hydrogen-bond acceptors (Lipinski definition) is 7. The Labute approximate surface area is 196 Å². The van der Waals surface area contributed by atoms with E-state index in [1.807, 2.05) is 19.0 Å². The second-order valence-corrected chi connectivity index (χ2v) is 8.48. The molecule has 3 aromatic rings. The number of Topliss-reactive ketones (excluding diaryl/α,β-unsaturated/α-hetero) is 1. The summed E-state index contributed by atoms with van der Waals surface area (Å²) in [5.41, 5.74) is 0.777. The Balaban J connectivity index is 1.76. The van der Waals surface area contributed by atoms with Gasteiger partial charge in [0.2, 0.25) is 5.78 Å². The van der Waals surface area contributed by atoms with Crippen molar-refractivity contribution < 1.29 is 23.8 Å². The van der Waals surface area contributed by atoms with Crippen LogP contribution in [0.25, 0.3) is 11.0 Å². The van der Waals surface area contributed by atoms with Crippen LogP contribution in [-0.4, -0.2) is 65.9 Å². The lowest BCUT2D eigenvalue weighted by atomic mass is 9.98. The molecule has 9 heteroatoms. The Morgan fingerprint density at radius 2 is 2.09 bits per heavy atom. The lowest BCUT2D eigenvalue weighted by molar-refractivity contribution is -0.129. The Bertz CT molecular complexity index is 1240. The zero-order valence-electron chi connectivity index (χ0n) is 18.5. The molecule has 0 fully saturated rings. The summed E-state index contributed by atoms with van der Waals surface area (Å²) in [6.45, 7) is 1.09. The quantitative estimate of drug-likeness (QED) is 0.498. The van der Waals surface area contributed by atoms with Gasteiger partial charge >= 0.3 is 0 Å². The molecule has 0 saturated heterocycles. The number of fused-ring (bicyclic) bond motifs is 1. The summed E-state index contributed by atoms with van der Waals surface area (Å²) in [6, 6.07) is 9.18. The van der Waals surface area contributed by atoms with Gasteiger partial charge in [0.1, 0.15) is 6.04 Å². The van der Waals surface area contributed by atoms with Crippen molar-refractivity contribution in [2.75, 3.05) is 34.3 Å². The molecule has 0 spiro atoms. The van der Waals surface area contributed by atoms with Crippen LogP contribution >= 0.6 is 11.6 Å². The molecule has 1 aliphatic rings. The maximum Gasteiger partial charge on any atom is 0.290 e. The van der Waals surface area contributed by atoms with E-state index in [0.717, 1.165) is 6.54 Å². The van der Waals surface area contributed by atoms with Gasteiger partial charge in [-0.15, -0.1) is 0 Å². The summed E-state index contributed by atoms with van der Waals surface area (Å²) in [5, 5.41) is 11.8. The lowest BCUT2D eigenvalue weighted by Gasteiger charge is -2.26. The minimum atomic E-state index is -0.827. The first-order valence-corrected chi connectivity index (χ1v) is 10.8. The van der Waals surface area contributed by atoms with Crippen molar-refractivity contribution in [3.05, 3.63) is 70.4 Å². The van der Waals surface area contributed by atoms with E-state index in [0.29, 0.717) is 40.4 Å². The molecule has 1 aliphatic heterocycles. The van der Waals surface area contributed by atoms with Crippen molar-refractivity contribution in [3.8, 4) is 5.75 Å². The predicted octanol–water partition coefficient (Wildman–Crippen LogP) is 4.02. The summed E-state index contributed by atoms with van der Waals surface area (Å²) in [7, 11) is 5.35. The van der Waals surface area contributed by atoms with Crippen LogP contribution < -0.4 is 4.74 Å². The zero-order chi connectivity index (χ0) is 23.7. The van der Waals surface area contributed by atoms with Crippen LogP contribution in [0.15, 0.2) is 58.3 Å². The van der Waals surface area contributed by atoms with Crippen molar-refractivity contribution in [2.45, 2.75) is 12.5 Å². The summed E-state index contributed by atoms with van der Waals surface area (Å²) in [6.07, 6.45) is 2.25. The molecule has 1 amide bonds. The molecule has 0 radical (unpaired) electrons. The second kappa shape index (κ2) is 9.25. The van der Waals surface area contributed by atoms with Crippen LogP contribution in [0.4, 0.5) is 0 Å². The van der Waals surface area contributed by atoms with Gasteiger partial charge in [0.25, 0.3) is 5.91 Å². The fraction of sp³-hybridized carbons (Fsp3) is 0.292. The number of aromatic nitrogens is 1. The second-order valence-electron chi connectivity index (χ2n) is 8.04. The van der Waals surface area contributed by atoms with E-state index in [1.54, 1.807) is 36.5 Å². The highest BCUT2D eigenvalue weighted by Gasteiger charge is 2.45. The average molecular weight is 470 g/mol. The first-order chi connectivity index (χ1) is 15.8. The minimum Gasteiger partial charge on any atom is -0.503 e. The number of rotatable bonds is 8. The maximum atomic E-state index is 13.6. The van der Waals surface area contributed by atoms with Crippen molar-refractivity contribution in [3.63, 3.8) is 0 Å². The normalized spacial score (nSPS) is 16.3. The van der Waals surface area contributed by atoms with E-state index >= 15 is 0 Å². The molecule has 33 heavy (non-hydrogen) atoms. The third kappa shape index (κ3) is 4.31. The number of ether oxygens (including phenoxy) is 1. The van der Waals surface area contributed by atoms with Crippen molar-refractivity contribution in [1.82, 2.24) is 14.8 Å². The van der Waals surface area contributed by atoms with Crippen molar-refractivity contribution in [1.29, 1.82) is 0 Å². The SMILES string of the molecule is COc1cc(Cl)cc2cc(C(=O)C3=C(O)C(=O)N(CCCN(C)C)C3c3ccccn3)oc12. The number of hydrogen-bond donors (Lipinski definition) is 1. The molecule has 1 aromatic carbocycles. The number of aliphatic hydroxyl groups excluding tert-OH is 1. The van der Waals surface area contributed by atoms with Gasteiger partial charge in [0.15, 0.2) is 22.9 Å². The summed E-state index contributed by atoms with van der Waals surface area (Å²) >= 11 is 6.13. The van der Waals surface area contributed by atoms with E-state index in [1.165, 1.54) is 18.1 Å². The number of pyridine rings is 1. The highest BCUT2D eigenvalue weighted by molar-refractivity contribution is 6.31. The molecule has 8 nitrogen and oxygen atoms in total. The maximum absolute atomic E-state index is 13.6. The molecule has 0 bridgehead atoms. The monoisotopic (exact) mass is 469 g/mol. The highest BCUT2D eigenvalue weighted by Crippen LogP contribution is 2.40. The molecule has 0 saturated carbocycles. The number of halogens is 1. The van der Waals surface area contributed by atoms with E-state index in [-0.39, 0.29) is 11.3 Å². The third-order valence-electron chi connectivity index (χ3n) is 5.51. The number of aliphatic hydroxyl groups is 1. The zero-order valence-corrected chi connectivity index (χ0v) is 19.3. The molecular weight excluding hydrogens is 446 g/mol. The molecule has 1 atom stereocenters. The van der Waals surface area contributed by atoms with Gasteiger partial charge in [-0.2, -0.15) is 0 Å². The molecule has 1 unspecified atom stereocenters. The van der Waals surface area contributed by atoms with E-state index in [2.05, 4.69) is 4.98 Å². The van der Waals surface area contributed by atoms with Crippen molar-refractivity contribution in [2.24, 2.45) is 0 Å². The molecule has 1 N–H and O–H groups in total. The van der Waals surface area contributed by atoms with E-state index < -0.39 is 23.5 Å². The Kier molecular flexibility index (Phi) is 6.40. The van der Waals surface area contributed by atoms with Crippen molar-refractivity contribution >= 4 is 34.3 Å². The summed E-state index contributed by atoms with van der Waals surface area (Å²) < 4.78 is 11.1. The standard InChI is InChI=1S/C24H24ClN3O5/c1-27(2)9-6-10-28-20(16-7-4-5-8-26-16)19(22(30)24(28)31)21(29)17-12-14-11-15(25)13-18(32-3)23(14)33-17/h4-5,7-8,11-13,20,30H,6,9-10H2,1-3H3. The van der Waals surface area contributed by atoms with Crippen LogP contribution in [-0.2, 0) is 4.79 Å². The molecular formula is C24H24ClN3O5. The molecule has 3 heterocycles.